The van der Waals surface area contributed by atoms with Crippen molar-refractivity contribution in [3.63, 3.8) is 0 Å². The normalized spacial score (nSPS) is 11.3. The van der Waals surface area contributed by atoms with Crippen LogP contribution in [0.2, 0.25) is 0 Å². The second kappa shape index (κ2) is 5.91. The standard InChI is InChI=1S/C11H12N2.2ClH/c1-8(12)10-4-2-3-9-7-13-6-5-11(9)10;;/h2-8H,12H2,1H3;2*1H. The third-order valence-electron chi connectivity index (χ3n) is 2.21. The number of hydrogen-bond acceptors (Lipinski definition) is 2. The summed E-state index contributed by atoms with van der Waals surface area (Å²) >= 11 is 0. The van der Waals surface area contributed by atoms with Crippen molar-refractivity contribution in [1.29, 1.82) is 0 Å². The molecule has 2 rings (SSSR count). The summed E-state index contributed by atoms with van der Waals surface area (Å²) in [7, 11) is 0. The highest BCUT2D eigenvalue weighted by molar-refractivity contribution is 5.86. The zero-order chi connectivity index (χ0) is 9.26. The molecule has 2 aromatic rings. The molecular weight excluding hydrogens is 231 g/mol. The fraction of sp³-hybridized carbons (Fsp3) is 0.182. The second-order valence-electron chi connectivity index (χ2n) is 3.23. The smallest absolute Gasteiger partial charge is 0.0346 e. The van der Waals surface area contributed by atoms with Crippen LogP contribution in [-0.4, -0.2) is 4.98 Å². The molecule has 0 bridgehead atoms. The van der Waals surface area contributed by atoms with Crippen LogP contribution in [0.5, 0.6) is 0 Å². The number of pyridine rings is 1. The van der Waals surface area contributed by atoms with Gasteiger partial charge in [-0.1, -0.05) is 18.2 Å². The Morgan fingerprint density at radius 2 is 1.93 bits per heavy atom. The van der Waals surface area contributed by atoms with Crippen molar-refractivity contribution in [2.24, 2.45) is 5.73 Å². The minimum atomic E-state index is 0. The average molecular weight is 245 g/mol. The Hall–Kier alpha value is -0.830. The summed E-state index contributed by atoms with van der Waals surface area (Å²) in [5.74, 6) is 0. The molecule has 0 fully saturated rings. The quantitative estimate of drug-likeness (QED) is 0.838. The highest BCUT2D eigenvalue weighted by atomic mass is 35.5. The number of fused-ring (bicyclic) bond motifs is 1. The first-order valence-corrected chi connectivity index (χ1v) is 4.37. The molecule has 0 aliphatic heterocycles. The van der Waals surface area contributed by atoms with E-state index in [0.717, 1.165) is 5.39 Å². The largest absolute Gasteiger partial charge is 0.324 e. The maximum absolute atomic E-state index is 5.86. The first-order valence-electron chi connectivity index (χ1n) is 4.37. The molecule has 0 saturated carbocycles. The zero-order valence-electron chi connectivity index (χ0n) is 8.38. The molecule has 2 nitrogen and oxygen atoms in total. The average Bonchev–Trinajstić information content (AvgIpc) is 2.17. The van der Waals surface area contributed by atoms with E-state index in [4.69, 9.17) is 5.73 Å². The molecule has 1 aromatic carbocycles. The highest BCUT2D eigenvalue weighted by Gasteiger charge is 2.03. The van der Waals surface area contributed by atoms with Crippen LogP contribution in [0.3, 0.4) is 0 Å². The van der Waals surface area contributed by atoms with Crippen LogP contribution < -0.4 is 5.73 Å². The van der Waals surface area contributed by atoms with Gasteiger partial charge in [0.1, 0.15) is 0 Å². The second-order valence-corrected chi connectivity index (χ2v) is 3.23. The lowest BCUT2D eigenvalue weighted by Crippen LogP contribution is -2.05. The van der Waals surface area contributed by atoms with E-state index in [2.05, 4.69) is 11.1 Å². The van der Waals surface area contributed by atoms with Crippen LogP contribution in [0, 0.1) is 0 Å². The molecule has 0 aliphatic carbocycles. The van der Waals surface area contributed by atoms with E-state index in [1.54, 1.807) is 6.20 Å². The minimum absolute atomic E-state index is 0. The summed E-state index contributed by atoms with van der Waals surface area (Å²) in [5, 5.41) is 2.35. The van der Waals surface area contributed by atoms with Crippen molar-refractivity contribution in [2.75, 3.05) is 0 Å². The predicted octanol–water partition coefficient (Wildman–Crippen LogP) is 3.10. The number of nitrogens with two attached hydrogens (primary N) is 1. The highest BCUT2D eigenvalue weighted by Crippen LogP contribution is 2.21. The molecule has 82 valence electrons. The lowest BCUT2D eigenvalue weighted by Gasteiger charge is -2.08. The summed E-state index contributed by atoms with van der Waals surface area (Å²) in [6, 6.07) is 8.21. The monoisotopic (exact) mass is 244 g/mol. The van der Waals surface area contributed by atoms with E-state index in [0.29, 0.717) is 0 Å². The van der Waals surface area contributed by atoms with Crippen molar-refractivity contribution in [3.05, 3.63) is 42.2 Å². The summed E-state index contributed by atoms with van der Waals surface area (Å²) in [6.07, 6.45) is 3.66. The lowest BCUT2D eigenvalue weighted by atomic mass is 10.0. The molecule has 0 radical (unpaired) electrons. The van der Waals surface area contributed by atoms with E-state index >= 15 is 0 Å². The predicted molar refractivity (Wildman–Crippen MR) is 68.8 cm³/mol. The lowest BCUT2D eigenvalue weighted by molar-refractivity contribution is 0.826. The van der Waals surface area contributed by atoms with Gasteiger partial charge in [-0.25, -0.2) is 0 Å². The molecule has 4 heteroatoms. The van der Waals surface area contributed by atoms with Gasteiger partial charge in [0, 0.05) is 23.8 Å². The number of nitrogens with zero attached hydrogens (tertiary/aromatic N) is 1. The van der Waals surface area contributed by atoms with Gasteiger partial charge in [-0.15, -0.1) is 24.8 Å². The van der Waals surface area contributed by atoms with Gasteiger partial charge in [-0.3, -0.25) is 4.98 Å². The molecule has 0 amide bonds. The Balaban J connectivity index is 0.000000980. The fourth-order valence-corrected chi connectivity index (χ4v) is 1.54. The molecule has 1 atom stereocenters. The van der Waals surface area contributed by atoms with Gasteiger partial charge in [0.05, 0.1) is 0 Å². The van der Waals surface area contributed by atoms with Crippen LogP contribution in [0.15, 0.2) is 36.7 Å². The Kier molecular flexibility index (Phi) is 5.58. The maximum atomic E-state index is 5.86. The Labute approximate surface area is 102 Å². The first kappa shape index (κ1) is 14.2. The van der Waals surface area contributed by atoms with E-state index in [1.165, 1.54) is 10.9 Å². The van der Waals surface area contributed by atoms with Gasteiger partial charge in [-0.05, 0) is 23.9 Å². The molecular formula is C11H14Cl2N2. The Bertz CT molecular complexity index is 424. The molecule has 0 saturated heterocycles. The van der Waals surface area contributed by atoms with Gasteiger partial charge in [0.15, 0.2) is 0 Å². The van der Waals surface area contributed by atoms with E-state index in [1.807, 2.05) is 31.3 Å². The van der Waals surface area contributed by atoms with Crippen LogP contribution in [-0.2, 0) is 0 Å². The van der Waals surface area contributed by atoms with Gasteiger partial charge in [0.25, 0.3) is 0 Å². The third-order valence-corrected chi connectivity index (χ3v) is 2.21. The zero-order valence-corrected chi connectivity index (χ0v) is 10.0. The molecule has 15 heavy (non-hydrogen) atoms. The maximum Gasteiger partial charge on any atom is 0.0346 e. The van der Waals surface area contributed by atoms with Gasteiger partial charge < -0.3 is 5.73 Å². The summed E-state index contributed by atoms with van der Waals surface area (Å²) in [4.78, 5) is 4.07. The van der Waals surface area contributed by atoms with Crippen LogP contribution >= 0.6 is 24.8 Å². The molecule has 0 spiro atoms. The van der Waals surface area contributed by atoms with Crippen LogP contribution in [0.4, 0.5) is 0 Å². The SMILES string of the molecule is CC(N)c1cccc2cnccc12.Cl.Cl. The van der Waals surface area contributed by atoms with Gasteiger partial charge >= 0.3 is 0 Å². The number of benzene rings is 1. The van der Waals surface area contributed by atoms with Gasteiger partial charge in [0.2, 0.25) is 0 Å². The summed E-state index contributed by atoms with van der Waals surface area (Å²) in [5.41, 5.74) is 7.04. The van der Waals surface area contributed by atoms with Crippen molar-refractivity contribution < 1.29 is 0 Å². The number of rotatable bonds is 1. The summed E-state index contributed by atoms with van der Waals surface area (Å²) in [6.45, 7) is 2.00. The van der Waals surface area contributed by atoms with Gasteiger partial charge in [-0.2, -0.15) is 0 Å². The van der Waals surface area contributed by atoms with Crippen molar-refractivity contribution in [2.45, 2.75) is 13.0 Å². The van der Waals surface area contributed by atoms with E-state index in [9.17, 15) is 0 Å². The number of hydrogen-bond donors (Lipinski definition) is 1. The van der Waals surface area contributed by atoms with E-state index < -0.39 is 0 Å². The van der Waals surface area contributed by atoms with Crippen molar-refractivity contribution >= 4 is 35.6 Å². The van der Waals surface area contributed by atoms with Crippen molar-refractivity contribution in [3.8, 4) is 0 Å². The Morgan fingerprint density at radius 3 is 2.60 bits per heavy atom. The minimum Gasteiger partial charge on any atom is -0.324 e. The van der Waals surface area contributed by atoms with E-state index in [-0.39, 0.29) is 30.9 Å². The molecule has 0 aliphatic rings. The topological polar surface area (TPSA) is 38.9 Å². The number of aromatic nitrogens is 1. The molecule has 1 unspecified atom stereocenters. The molecule has 1 heterocycles. The van der Waals surface area contributed by atoms with Crippen LogP contribution in [0.1, 0.15) is 18.5 Å². The van der Waals surface area contributed by atoms with Crippen LogP contribution in [0.25, 0.3) is 10.8 Å². The summed E-state index contributed by atoms with van der Waals surface area (Å²) < 4.78 is 0. The third kappa shape index (κ3) is 2.81. The van der Waals surface area contributed by atoms with Crippen molar-refractivity contribution in [1.82, 2.24) is 4.98 Å². The molecule has 1 aromatic heterocycles. The number of halogens is 2. The first-order chi connectivity index (χ1) is 6.29. The Morgan fingerprint density at radius 1 is 1.20 bits per heavy atom. The molecule has 2 N–H and O–H groups in total. The fourth-order valence-electron chi connectivity index (χ4n) is 1.54.